The maximum atomic E-state index is 9.98. The Morgan fingerprint density at radius 3 is 0.900 bits per heavy atom. The van der Waals surface area contributed by atoms with Gasteiger partial charge in [0.15, 0.2) is 0 Å². The fraction of sp³-hybridized carbons (Fsp3) is 0. The summed E-state index contributed by atoms with van der Waals surface area (Å²) in [4.78, 5) is 9.98. The van der Waals surface area contributed by atoms with Gasteiger partial charge in [-0.25, -0.2) is 4.79 Å². The molecule has 13 nitrogen and oxygen atoms in total. The smallest absolute Gasteiger partial charge is 1.00 e. The number of hydrogen-bond donors (Lipinski definition) is 10. The molecule has 0 heterocycles. The van der Waals surface area contributed by atoms with Gasteiger partial charge < -0.3 is 62.4 Å². The summed E-state index contributed by atoms with van der Waals surface area (Å²) in [5, 5.41) is 74.6. The van der Waals surface area contributed by atoms with E-state index in [2.05, 4.69) is 9.31 Å². The van der Waals surface area contributed by atoms with Crippen LogP contribution in [0.1, 0.15) is 2.85 Å². The Morgan fingerprint density at radius 2 is 0.800 bits per heavy atom. The van der Waals surface area contributed by atoms with Crippen molar-refractivity contribution in [2.75, 3.05) is 0 Å². The van der Waals surface area contributed by atoms with Crippen molar-refractivity contribution >= 4 is 35.4 Å². The molecule has 0 saturated carbocycles. The Morgan fingerprint density at radius 1 is 0.650 bits per heavy atom. The third-order valence-corrected chi connectivity index (χ3v) is 0.403. The third-order valence-electron chi connectivity index (χ3n) is 0.403. The fourth-order valence-corrected chi connectivity index (χ4v) is 0.200. The summed E-state index contributed by atoms with van der Waals surface area (Å²) in [5.74, 6) is 0. The zero-order valence-electron chi connectivity index (χ0n) is 12.5. The summed E-state index contributed by atoms with van der Waals surface area (Å²) >= 11 is 0. The second kappa shape index (κ2) is 22.4. The predicted molar refractivity (Wildman–Crippen MR) is 55.0 cm³/mol. The quantitative estimate of drug-likeness (QED) is 0.213. The van der Waals surface area contributed by atoms with Crippen LogP contribution in [0.3, 0.4) is 0 Å². The topological polar surface area (TPSA) is 238 Å². The van der Waals surface area contributed by atoms with Gasteiger partial charge in [-0.3, -0.25) is 0 Å². The van der Waals surface area contributed by atoms with Crippen LogP contribution in [0, 0.1) is 0 Å². The van der Waals surface area contributed by atoms with Crippen LogP contribution in [0.4, 0.5) is 4.79 Å². The molecule has 0 aliphatic heterocycles. The second-order valence-corrected chi connectivity index (χ2v) is 1.83. The molecular weight excluding hydrogens is 309 g/mol. The van der Waals surface area contributed by atoms with E-state index in [4.69, 9.17) is 50.2 Å². The van der Waals surface area contributed by atoms with Crippen molar-refractivity contribution in [3.8, 4) is 0 Å². The van der Waals surface area contributed by atoms with Gasteiger partial charge in [-0.05, 0) is 0 Å². The first kappa shape index (κ1) is 32.9. The average Bonchev–Trinajstić information content (AvgIpc) is 1.96. The number of carbonyl (C=O) groups is 1. The second-order valence-electron chi connectivity index (χ2n) is 1.83. The minimum atomic E-state index is -2.33. The molecule has 20 heavy (non-hydrogen) atoms. The van der Waals surface area contributed by atoms with Crippen LogP contribution in [0.2, 0.25) is 0 Å². The third kappa shape index (κ3) is 75.4. The molecule has 0 aromatic rings. The molecule has 0 unspecified atom stereocenters. The van der Waals surface area contributed by atoms with Gasteiger partial charge in [0.25, 0.3) is 0 Å². The minimum absolute atomic E-state index is 0. The number of rotatable bonds is 2. The minimum Gasteiger partial charge on any atom is -1.00 e. The van der Waals surface area contributed by atoms with Gasteiger partial charge in [-0.1, -0.05) is 0 Å². The molecule has 0 radical (unpaired) electrons. The van der Waals surface area contributed by atoms with E-state index in [1.54, 1.807) is 0 Å². The van der Waals surface area contributed by atoms with Crippen molar-refractivity contribution in [1.82, 2.24) is 0 Å². The van der Waals surface area contributed by atoms with Crippen LogP contribution in [0.25, 0.3) is 0 Å². The van der Waals surface area contributed by atoms with Crippen molar-refractivity contribution in [3.63, 3.8) is 0 Å². The SMILES string of the molecule is O=C(OB(O)O)OB(O)O.OB(O)O.OB(O)O.[H-].[H-].[Na+].[Na+]. The summed E-state index contributed by atoms with van der Waals surface area (Å²) in [6, 6.07) is 0. The van der Waals surface area contributed by atoms with E-state index in [0.717, 1.165) is 0 Å². The van der Waals surface area contributed by atoms with Crippen LogP contribution in [-0.4, -0.2) is 85.7 Å². The van der Waals surface area contributed by atoms with E-state index in [-0.39, 0.29) is 62.0 Å². The molecule has 0 bridgehead atoms. The zero-order chi connectivity index (χ0) is 15.3. The van der Waals surface area contributed by atoms with Gasteiger partial charge in [0, 0.05) is 0 Å². The molecule has 0 spiro atoms. The standard InChI is InChI=1S/CH4B2O7.2BH3O3.2Na.2H/c4-1(9-2(5)6)10-3(7)8;2*2-1(3)4;;;;/h5-8H;2*2-4H;;;;/q;;;2*+1;2*-1. The monoisotopic (exact) mass is 322 g/mol. The Hall–Kier alpha value is 1.13. The first-order valence-electron chi connectivity index (χ1n) is 3.67. The van der Waals surface area contributed by atoms with Gasteiger partial charge in [0.2, 0.25) is 0 Å². The molecule has 0 amide bonds. The summed E-state index contributed by atoms with van der Waals surface area (Å²) in [6.07, 6.45) is -1.59. The van der Waals surface area contributed by atoms with Crippen LogP contribution in [0.15, 0.2) is 0 Å². The number of carbonyl (C=O) groups excluding carboxylic acids is 1. The van der Waals surface area contributed by atoms with Crippen LogP contribution in [-0.2, 0) is 9.31 Å². The van der Waals surface area contributed by atoms with Gasteiger partial charge >= 0.3 is 94.6 Å². The van der Waals surface area contributed by atoms with Gasteiger partial charge in [-0.15, -0.1) is 0 Å². The first-order chi connectivity index (χ1) is 7.98. The van der Waals surface area contributed by atoms with Crippen molar-refractivity contribution in [3.05, 3.63) is 0 Å². The Labute approximate surface area is 161 Å². The summed E-state index contributed by atoms with van der Waals surface area (Å²) in [5.41, 5.74) is 0. The van der Waals surface area contributed by atoms with E-state index >= 15 is 0 Å². The summed E-state index contributed by atoms with van der Waals surface area (Å²) in [7, 11) is -8.99. The van der Waals surface area contributed by atoms with E-state index in [1.807, 2.05) is 0 Å². The average molecular weight is 321 g/mol. The summed E-state index contributed by atoms with van der Waals surface area (Å²) < 4.78 is 6.98. The molecule has 0 aliphatic rings. The normalized spacial score (nSPS) is 6.90. The molecule has 0 aromatic carbocycles. The molecule has 0 aromatic heterocycles. The number of hydrogen-bond acceptors (Lipinski definition) is 13. The molecule has 19 heteroatoms. The van der Waals surface area contributed by atoms with Crippen molar-refractivity contribution < 1.29 is 126 Å². The molecule has 0 aliphatic carbocycles. The van der Waals surface area contributed by atoms with Gasteiger partial charge in [-0.2, -0.15) is 0 Å². The van der Waals surface area contributed by atoms with E-state index < -0.39 is 35.4 Å². The Balaban J connectivity index is -0.0000000325. The molecule has 0 fully saturated rings. The Bertz CT molecular complexity index is 175. The van der Waals surface area contributed by atoms with Crippen LogP contribution < -0.4 is 59.1 Å². The van der Waals surface area contributed by atoms with Crippen LogP contribution >= 0.6 is 0 Å². The first-order valence-corrected chi connectivity index (χ1v) is 3.67. The maximum Gasteiger partial charge on any atom is 1.00 e. The summed E-state index contributed by atoms with van der Waals surface area (Å²) in [6.45, 7) is 0. The largest absolute Gasteiger partial charge is 1.00 e. The maximum absolute atomic E-state index is 9.98. The van der Waals surface area contributed by atoms with Crippen molar-refractivity contribution in [1.29, 1.82) is 0 Å². The van der Waals surface area contributed by atoms with E-state index in [9.17, 15) is 4.79 Å². The van der Waals surface area contributed by atoms with Crippen molar-refractivity contribution in [2.45, 2.75) is 0 Å². The molecule has 0 rings (SSSR count). The molecule has 0 atom stereocenters. The van der Waals surface area contributed by atoms with E-state index in [0.29, 0.717) is 0 Å². The molecular formula is CH12B4Na2O13. The van der Waals surface area contributed by atoms with E-state index in [1.165, 1.54) is 0 Å². The van der Waals surface area contributed by atoms with Crippen molar-refractivity contribution in [2.24, 2.45) is 0 Å². The molecule has 0 saturated heterocycles. The van der Waals surface area contributed by atoms with Gasteiger partial charge in [0.05, 0.1) is 0 Å². The molecule has 108 valence electrons. The van der Waals surface area contributed by atoms with Gasteiger partial charge in [0.1, 0.15) is 0 Å². The predicted octanol–water partition coefficient (Wildman–Crippen LogP) is -12.8. The Kier molecular flexibility index (Phi) is 36.9. The fourth-order valence-electron chi connectivity index (χ4n) is 0.200. The molecule has 10 N–H and O–H groups in total. The van der Waals surface area contributed by atoms with Crippen LogP contribution in [0.5, 0.6) is 0 Å². The zero-order valence-corrected chi connectivity index (χ0v) is 14.5.